The van der Waals surface area contributed by atoms with Crippen LogP contribution in [0.5, 0.6) is 0 Å². The monoisotopic (exact) mass is 259 g/mol. The maximum absolute atomic E-state index is 11.4. The minimum atomic E-state index is -0.0966. The van der Waals surface area contributed by atoms with Crippen molar-refractivity contribution < 1.29 is 14.3 Å². The summed E-state index contributed by atoms with van der Waals surface area (Å²) >= 11 is 0. The second-order valence-corrected chi connectivity index (χ2v) is 4.20. The van der Waals surface area contributed by atoms with Gasteiger partial charge in [0.2, 0.25) is 11.8 Å². The highest BCUT2D eigenvalue weighted by Crippen LogP contribution is 1.97. The SMILES string of the molecule is CCCC(N)CC(=O)NCCC(=O)NCCOC. The molecule has 0 aromatic rings. The lowest BCUT2D eigenvalue weighted by molar-refractivity contribution is -0.122. The van der Waals surface area contributed by atoms with Gasteiger partial charge in [0.25, 0.3) is 0 Å². The smallest absolute Gasteiger partial charge is 0.221 e. The summed E-state index contributed by atoms with van der Waals surface area (Å²) in [4.78, 5) is 22.7. The van der Waals surface area contributed by atoms with Crippen LogP contribution in [0.3, 0.4) is 0 Å². The number of carbonyl (C=O) groups excluding carboxylic acids is 2. The molecule has 0 saturated heterocycles. The van der Waals surface area contributed by atoms with Crippen LogP contribution in [0.15, 0.2) is 0 Å². The molecule has 0 aliphatic rings. The molecule has 6 nitrogen and oxygen atoms in total. The van der Waals surface area contributed by atoms with E-state index in [0.717, 1.165) is 12.8 Å². The third-order valence-corrected chi connectivity index (χ3v) is 2.41. The topological polar surface area (TPSA) is 93.5 Å². The summed E-state index contributed by atoms with van der Waals surface area (Å²) in [6.45, 7) is 3.35. The first kappa shape index (κ1) is 16.9. The highest BCUT2D eigenvalue weighted by molar-refractivity contribution is 5.79. The van der Waals surface area contributed by atoms with Gasteiger partial charge in [0, 0.05) is 39.1 Å². The maximum Gasteiger partial charge on any atom is 0.221 e. The average Bonchev–Trinajstić information content (AvgIpc) is 2.29. The summed E-state index contributed by atoms with van der Waals surface area (Å²) < 4.78 is 4.80. The van der Waals surface area contributed by atoms with E-state index in [-0.39, 0.29) is 24.3 Å². The van der Waals surface area contributed by atoms with E-state index in [1.165, 1.54) is 0 Å². The van der Waals surface area contributed by atoms with Crippen LogP contribution in [0.1, 0.15) is 32.6 Å². The molecule has 18 heavy (non-hydrogen) atoms. The highest BCUT2D eigenvalue weighted by Gasteiger charge is 2.08. The fourth-order valence-corrected chi connectivity index (χ4v) is 1.48. The van der Waals surface area contributed by atoms with Gasteiger partial charge in [0.1, 0.15) is 0 Å². The summed E-state index contributed by atoms with van der Waals surface area (Å²) in [7, 11) is 1.58. The van der Waals surface area contributed by atoms with Crippen LogP contribution < -0.4 is 16.4 Å². The molecule has 1 unspecified atom stereocenters. The van der Waals surface area contributed by atoms with Crippen LogP contribution in [-0.4, -0.2) is 44.7 Å². The third-order valence-electron chi connectivity index (χ3n) is 2.41. The minimum Gasteiger partial charge on any atom is -0.383 e. The van der Waals surface area contributed by atoms with Gasteiger partial charge in [-0.25, -0.2) is 0 Å². The van der Waals surface area contributed by atoms with Gasteiger partial charge in [-0.15, -0.1) is 0 Å². The second kappa shape index (κ2) is 11.0. The normalized spacial score (nSPS) is 11.9. The van der Waals surface area contributed by atoms with Crippen LogP contribution in [0.2, 0.25) is 0 Å². The summed E-state index contributed by atoms with van der Waals surface area (Å²) in [5.74, 6) is -0.189. The van der Waals surface area contributed by atoms with E-state index in [2.05, 4.69) is 10.6 Å². The highest BCUT2D eigenvalue weighted by atomic mass is 16.5. The molecule has 0 aliphatic heterocycles. The molecule has 0 bridgehead atoms. The lowest BCUT2D eigenvalue weighted by Gasteiger charge is -2.10. The molecule has 0 spiro atoms. The first-order chi connectivity index (χ1) is 8.60. The number of carbonyl (C=O) groups is 2. The Morgan fingerprint density at radius 2 is 1.89 bits per heavy atom. The third kappa shape index (κ3) is 10.0. The molecule has 0 fully saturated rings. The zero-order chi connectivity index (χ0) is 13.8. The molecule has 0 rings (SSSR count). The Morgan fingerprint density at radius 1 is 1.22 bits per heavy atom. The fraction of sp³-hybridized carbons (Fsp3) is 0.833. The molecule has 0 aliphatic carbocycles. The van der Waals surface area contributed by atoms with Crippen LogP contribution in [-0.2, 0) is 14.3 Å². The molecule has 0 aromatic heterocycles. The predicted molar refractivity (Wildman–Crippen MR) is 70.0 cm³/mol. The molecule has 0 radical (unpaired) electrons. The summed E-state index contributed by atoms with van der Waals surface area (Å²) in [6.07, 6.45) is 2.40. The lowest BCUT2D eigenvalue weighted by atomic mass is 10.1. The Bertz CT molecular complexity index is 247. The molecule has 6 heteroatoms. The molecule has 1 atom stereocenters. The number of nitrogens with one attached hydrogen (secondary N) is 2. The zero-order valence-electron chi connectivity index (χ0n) is 11.3. The molecule has 0 saturated carbocycles. The van der Waals surface area contributed by atoms with E-state index in [0.29, 0.717) is 26.1 Å². The summed E-state index contributed by atoms with van der Waals surface area (Å²) in [6, 6.07) is -0.0921. The molecule has 0 heterocycles. The van der Waals surface area contributed by atoms with Crippen molar-refractivity contribution in [3.05, 3.63) is 0 Å². The Balaban J connectivity index is 3.52. The quantitative estimate of drug-likeness (QED) is 0.473. The van der Waals surface area contributed by atoms with Crippen molar-refractivity contribution in [2.75, 3.05) is 26.8 Å². The van der Waals surface area contributed by atoms with Crippen molar-refractivity contribution in [3.63, 3.8) is 0 Å². The van der Waals surface area contributed by atoms with Crippen molar-refractivity contribution >= 4 is 11.8 Å². The van der Waals surface area contributed by atoms with Crippen molar-refractivity contribution in [2.24, 2.45) is 5.73 Å². The van der Waals surface area contributed by atoms with Gasteiger partial charge in [-0.1, -0.05) is 13.3 Å². The first-order valence-electron chi connectivity index (χ1n) is 6.38. The Hall–Kier alpha value is -1.14. The van der Waals surface area contributed by atoms with E-state index >= 15 is 0 Å². The Morgan fingerprint density at radius 3 is 2.50 bits per heavy atom. The van der Waals surface area contributed by atoms with Crippen molar-refractivity contribution in [1.82, 2.24) is 10.6 Å². The van der Waals surface area contributed by atoms with Gasteiger partial charge < -0.3 is 21.1 Å². The Kier molecular flexibility index (Phi) is 10.3. The molecule has 106 valence electrons. The second-order valence-electron chi connectivity index (χ2n) is 4.20. The number of ether oxygens (including phenoxy) is 1. The largest absolute Gasteiger partial charge is 0.383 e. The standard InChI is InChI=1S/C12H25N3O3/c1-3-4-10(13)9-12(17)14-6-5-11(16)15-7-8-18-2/h10H,3-9,13H2,1-2H3,(H,14,17)(H,15,16). The van der Waals surface area contributed by atoms with Gasteiger partial charge in [0.05, 0.1) is 6.61 Å². The average molecular weight is 259 g/mol. The van der Waals surface area contributed by atoms with Crippen LogP contribution in [0.4, 0.5) is 0 Å². The fourth-order valence-electron chi connectivity index (χ4n) is 1.48. The lowest BCUT2D eigenvalue weighted by Crippen LogP contribution is -2.35. The van der Waals surface area contributed by atoms with Gasteiger partial charge >= 0.3 is 0 Å². The summed E-state index contributed by atoms with van der Waals surface area (Å²) in [5, 5.41) is 5.36. The number of rotatable bonds is 10. The number of hydrogen-bond donors (Lipinski definition) is 3. The molecule has 4 N–H and O–H groups in total. The van der Waals surface area contributed by atoms with E-state index in [9.17, 15) is 9.59 Å². The maximum atomic E-state index is 11.4. The van der Waals surface area contributed by atoms with Gasteiger partial charge in [-0.3, -0.25) is 9.59 Å². The molecule has 2 amide bonds. The number of hydrogen-bond acceptors (Lipinski definition) is 4. The minimum absolute atomic E-state index is 0.0921. The van der Waals surface area contributed by atoms with E-state index in [1.807, 2.05) is 6.92 Å². The summed E-state index contributed by atoms with van der Waals surface area (Å²) in [5.41, 5.74) is 5.74. The molecular formula is C12H25N3O3. The van der Waals surface area contributed by atoms with Gasteiger partial charge in [-0.2, -0.15) is 0 Å². The number of methoxy groups -OCH3 is 1. The van der Waals surface area contributed by atoms with Crippen LogP contribution in [0.25, 0.3) is 0 Å². The van der Waals surface area contributed by atoms with Gasteiger partial charge in [0.15, 0.2) is 0 Å². The first-order valence-corrected chi connectivity index (χ1v) is 6.38. The van der Waals surface area contributed by atoms with Gasteiger partial charge in [-0.05, 0) is 6.42 Å². The molecular weight excluding hydrogens is 234 g/mol. The predicted octanol–water partition coefficient (Wildman–Crippen LogP) is -0.227. The molecule has 0 aromatic carbocycles. The van der Waals surface area contributed by atoms with Crippen molar-refractivity contribution in [2.45, 2.75) is 38.6 Å². The number of amides is 2. The zero-order valence-corrected chi connectivity index (χ0v) is 11.3. The number of nitrogens with two attached hydrogens (primary N) is 1. The van der Waals surface area contributed by atoms with Crippen molar-refractivity contribution in [1.29, 1.82) is 0 Å². The van der Waals surface area contributed by atoms with E-state index in [1.54, 1.807) is 7.11 Å². The van der Waals surface area contributed by atoms with E-state index < -0.39 is 0 Å². The van der Waals surface area contributed by atoms with E-state index in [4.69, 9.17) is 10.5 Å². The van der Waals surface area contributed by atoms with Crippen LogP contribution >= 0.6 is 0 Å². The van der Waals surface area contributed by atoms with Crippen LogP contribution in [0, 0.1) is 0 Å². The van der Waals surface area contributed by atoms with Crippen molar-refractivity contribution in [3.8, 4) is 0 Å². The Labute approximate surface area is 109 Å².